The lowest BCUT2D eigenvalue weighted by atomic mass is 10.1. The second-order valence-corrected chi connectivity index (χ2v) is 5.85. The fraction of sp³-hybridized carbons (Fsp3) is 0.333. The maximum absolute atomic E-state index is 12.1. The maximum atomic E-state index is 12.1. The Morgan fingerprint density at radius 3 is 2.68 bits per heavy atom. The molecule has 0 saturated heterocycles. The Bertz CT molecular complexity index is 659. The summed E-state index contributed by atoms with van der Waals surface area (Å²) in [5.41, 5.74) is 0.106. The van der Waals surface area contributed by atoms with Gasteiger partial charge in [-0.05, 0) is 32.9 Å². The second kappa shape index (κ2) is 6.38. The third-order valence-electron chi connectivity index (χ3n) is 2.70. The van der Waals surface area contributed by atoms with E-state index in [1.54, 1.807) is 41.6 Å². The molecule has 0 bridgehead atoms. The summed E-state index contributed by atoms with van der Waals surface area (Å²) in [5.74, 6) is 0.0295. The number of nitrogens with one attached hydrogen (secondary N) is 2. The zero-order valence-electron chi connectivity index (χ0n) is 12.8. The molecule has 0 unspecified atom stereocenters. The first-order valence-electron chi connectivity index (χ1n) is 6.89. The first-order chi connectivity index (χ1) is 10.3. The van der Waals surface area contributed by atoms with Crippen LogP contribution in [0.4, 0.5) is 0 Å². The highest BCUT2D eigenvalue weighted by Gasteiger charge is 2.15. The molecule has 7 heteroatoms. The van der Waals surface area contributed by atoms with Crippen LogP contribution in [0, 0.1) is 0 Å². The Morgan fingerprint density at radius 1 is 1.27 bits per heavy atom. The number of rotatable bonds is 4. The molecule has 0 aromatic carbocycles. The number of hydrogen-bond acceptors (Lipinski definition) is 4. The van der Waals surface area contributed by atoms with Gasteiger partial charge in [0.15, 0.2) is 0 Å². The van der Waals surface area contributed by atoms with Gasteiger partial charge in [0.05, 0.1) is 6.54 Å². The lowest BCUT2D eigenvalue weighted by molar-refractivity contribution is -0.121. The molecule has 0 atom stereocenters. The van der Waals surface area contributed by atoms with Crippen molar-refractivity contribution in [3.63, 3.8) is 0 Å². The molecule has 7 nitrogen and oxygen atoms in total. The quantitative estimate of drug-likeness (QED) is 0.878. The van der Waals surface area contributed by atoms with Gasteiger partial charge >= 0.3 is 0 Å². The Labute approximate surface area is 128 Å². The molecule has 2 aromatic heterocycles. The molecule has 2 aromatic rings. The van der Waals surface area contributed by atoms with Crippen LogP contribution in [-0.2, 0) is 4.79 Å². The number of nitrogens with zero attached hydrogens (tertiary/aromatic N) is 3. The number of amides is 2. The highest BCUT2D eigenvalue weighted by molar-refractivity contribution is 5.96. The van der Waals surface area contributed by atoms with Crippen molar-refractivity contribution in [3.05, 3.63) is 42.6 Å². The van der Waals surface area contributed by atoms with Gasteiger partial charge in [0.1, 0.15) is 12.1 Å². The molecule has 2 amide bonds. The lowest BCUT2D eigenvalue weighted by Gasteiger charge is -2.20. The SMILES string of the molecule is CC(C)(C)NC(=O)CNC(=O)c1ccnc(-n2ccnc2)c1. The fourth-order valence-corrected chi connectivity index (χ4v) is 1.82. The Kier molecular flexibility index (Phi) is 4.55. The summed E-state index contributed by atoms with van der Waals surface area (Å²) < 4.78 is 1.70. The van der Waals surface area contributed by atoms with Gasteiger partial charge in [-0.3, -0.25) is 14.2 Å². The minimum atomic E-state index is -0.326. The van der Waals surface area contributed by atoms with Gasteiger partial charge in [-0.25, -0.2) is 9.97 Å². The predicted octanol–water partition coefficient (Wildman–Crippen LogP) is 0.912. The molecule has 22 heavy (non-hydrogen) atoms. The van der Waals surface area contributed by atoms with Gasteiger partial charge in [0.2, 0.25) is 5.91 Å². The molecule has 0 fully saturated rings. The van der Waals surface area contributed by atoms with Gasteiger partial charge in [-0.2, -0.15) is 0 Å². The number of aromatic nitrogens is 3. The number of hydrogen-bond donors (Lipinski definition) is 2. The minimum Gasteiger partial charge on any atom is -0.350 e. The zero-order chi connectivity index (χ0) is 16.2. The Balaban J connectivity index is 1.99. The molecular weight excluding hydrogens is 282 g/mol. The molecule has 2 rings (SSSR count). The van der Waals surface area contributed by atoms with E-state index in [4.69, 9.17) is 0 Å². The first-order valence-corrected chi connectivity index (χ1v) is 6.89. The third kappa shape index (κ3) is 4.41. The lowest BCUT2D eigenvalue weighted by Crippen LogP contribution is -2.45. The molecule has 2 heterocycles. The Hall–Kier alpha value is -2.70. The average Bonchev–Trinajstić information content (AvgIpc) is 2.97. The van der Waals surface area contributed by atoms with Crippen molar-refractivity contribution in [3.8, 4) is 5.82 Å². The van der Waals surface area contributed by atoms with Crippen LogP contribution in [0.1, 0.15) is 31.1 Å². The highest BCUT2D eigenvalue weighted by atomic mass is 16.2. The summed E-state index contributed by atoms with van der Waals surface area (Å²) in [4.78, 5) is 31.9. The van der Waals surface area contributed by atoms with Gasteiger partial charge < -0.3 is 10.6 Å². The van der Waals surface area contributed by atoms with E-state index in [-0.39, 0.29) is 23.9 Å². The minimum absolute atomic E-state index is 0.0706. The summed E-state index contributed by atoms with van der Waals surface area (Å²) in [6.07, 6.45) is 6.51. The number of carbonyl (C=O) groups excluding carboxylic acids is 2. The Morgan fingerprint density at radius 2 is 2.05 bits per heavy atom. The molecular formula is C15H19N5O2. The van der Waals surface area contributed by atoms with Gasteiger partial charge in [0.25, 0.3) is 5.91 Å². The summed E-state index contributed by atoms with van der Waals surface area (Å²) in [5, 5.41) is 5.37. The van der Waals surface area contributed by atoms with Gasteiger partial charge in [0, 0.05) is 29.7 Å². The van der Waals surface area contributed by atoms with E-state index in [9.17, 15) is 9.59 Å². The smallest absolute Gasteiger partial charge is 0.251 e. The molecule has 2 N–H and O–H groups in total. The van der Waals surface area contributed by atoms with Crippen molar-refractivity contribution in [2.24, 2.45) is 0 Å². The normalized spacial score (nSPS) is 11.0. The molecule has 116 valence electrons. The van der Waals surface area contributed by atoms with Crippen LogP contribution < -0.4 is 10.6 Å². The predicted molar refractivity (Wildman–Crippen MR) is 81.6 cm³/mol. The monoisotopic (exact) mass is 301 g/mol. The standard InChI is InChI=1S/C15H19N5O2/c1-15(2,3)19-13(21)9-18-14(22)11-4-5-17-12(8-11)20-7-6-16-10-20/h4-8,10H,9H2,1-3H3,(H,18,22)(H,19,21). The molecule has 0 aliphatic rings. The summed E-state index contributed by atoms with van der Waals surface area (Å²) in [7, 11) is 0. The highest BCUT2D eigenvalue weighted by Crippen LogP contribution is 2.06. The van der Waals surface area contributed by atoms with Crippen LogP contribution >= 0.6 is 0 Å². The molecule has 0 radical (unpaired) electrons. The van der Waals surface area contributed by atoms with Crippen LogP contribution in [0.2, 0.25) is 0 Å². The van der Waals surface area contributed by atoms with E-state index in [2.05, 4.69) is 20.6 Å². The van der Waals surface area contributed by atoms with E-state index in [0.29, 0.717) is 11.4 Å². The van der Waals surface area contributed by atoms with Crippen LogP contribution in [0.3, 0.4) is 0 Å². The van der Waals surface area contributed by atoms with E-state index < -0.39 is 0 Å². The maximum Gasteiger partial charge on any atom is 0.251 e. The zero-order valence-corrected chi connectivity index (χ0v) is 12.8. The summed E-state index contributed by atoms with van der Waals surface area (Å²) in [6.45, 7) is 5.58. The molecule has 0 aliphatic heterocycles. The first kappa shape index (κ1) is 15.7. The second-order valence-electron chi connectivity index (χ2n) is 5.85. The number of pyridine rings is 1. The van der Waals surface area contributed by atoms with Crippen LogP contribution in [0.25, 0.3) is 5.82 Å². The van der Waals surface area contributed by atoms with Crippen molar-refractivity contribution >= 4 is 11.8 Å². The third-order valence-corrected chi connectivity index (χ3v) is 2.70. The van der Waals surface area contributed by atoms with Crippen molar-refractivity contribution in [1.29, 1.82) is 0 Å². The van der Waals surface area contributed by atoms with Crippen LogP contribution in [-0.4, -0.2) is 38.4 Å². The van der Waals surface area contributed by atoms with E-state index in [1.165, 1.54) is 0 Å². The van der Waals surface area contributed by atoms with Crippen molar-refractivity contribution in [1.82, 2.24) is 25.2 Å². The molecule has 0 saturated carbocycles. The fourth-order valence-electron chi connectivity index (χ4n) is 1.82. The van der Waals surface area contributed by atoms with Crippen LogP contribution in [0.15, 0.2) is 37.1 Å². The molecule has 0 spiro atoms. The van der Waals surface area contributed by atoms with Gasteiger partial charge in [-0.15, -0.1) is 0 Å². The summed E-state index contributed by atoms with van der Waals surface area (Å²) >= 11 is 0. The largest absolute Gasteiger partial charge is 0.350 e. The van der Waals surface area contributed by atoms with Crippen molar-refractivity contribution in [2.45, 2.75) is 26.3 Å². The number of imidazole rings is 1. The van der Waals surface area contributed by atoms with Crippen molar-refractivity contribution < 1.29 is 9.59 Å². The topological polar surface area (TPSA) is 88.9 Å². The van der Waals surface area contributed by atoms with Crippen LogP contribution in [0.5, 0.6) is 0 Å². The molecule has 0 aliphatic carbocycles. The summed E-state index contributed by atoms with van der Waals surface area (Å²) in [6, 6.07) is 3.23. The number of carbonyl (C=O) groups is 2. The van der Waals surface area contributed by atoms with Gasteiger partial charge in [-0.1, -0.05) is 0 Å². The average molecular weight is 301 g/mol. The van der Waals surface area contributed by atoms with Crippen molar-refractivity contribution in [2.75, 3.05) is 6.54 Å². The van der Waals surface area contributed by atoms with E-state index in [0.717, 1.165) is 0 Å². The van der Waals surface area contributed by atoms with E-state index >= 15 is 0 Å². The van der Waals surface area contributed by atoms with E-state index in [1.807, 2.05) is 20.8 Å².